The van der Waals surface area contributed by atoms with Crippen molar-refractivity contribution >= 4 is 18.2 Å². The van der Waals surface area contributed by atoms with Gasteiger partial charge in [0.15, 0.2) is 0 Å². The van der Waals surface area contributed by atoms with E-state index < -0.39 is 5.60 Å². The molecule has 100 valence electrons. The quantitative estimate of drug-likeness (QED) is 0.765. The number of carbonyl (C=O) groups is 2. The number of carbonyl (C=O) groups excluding carboxylic acids is 2. The third-order valence-corrected chi connectivity index (χ3v) is 4.03. The summed E-state index contributed by atoms with van der Waals surface area (Å²) in [5.41, 5.74) is -0.423. The largest absolute Gasteiger partial charge is 0.441 e. The Morgan fingerprint density at radius 2 is 2.16 bits per heavy atom. The first-order valence-electron chi connectivity index (χ1n) is 6.59. The van der Waals surface area contributed by atoms with Crippen LogP contribution in [0.15, 0.2) is 24.4 Å². The molecule has 0 unspecified atom stereocenters. The van der Waals surface area contributed by atoms with Gasteiger partial charge in [-0.15, -0.1) is 0 Å². The summed E-state index contributed by atoms with van der Waals surface area (Å²) in [5, 5.41) is 0. The molecule has 1 spiro atoms. The Bertz CT molecular complexity index is 481. The van der Waals surface area contributed by atoms with E-state index in [-0.39, 0.29) is 12.0 Å². The van der Waals surface area contributed by atoms with Crippen LogP contribution < -0.4 is 4.90 Å². The summed E-state index contributed by atoms with van der Waals surface area (Å²) in [6.45, 7) is 0.536. The number of nitrogens with zero attached hydrogens (tertiary/aromatic N) is 2. The first-order valence-corrected chi connectivity index (χ1v) is 6.59. The summed E-state index contributed by atoms with van der Waals surface area (Å²) >= 11 is 0. The fraction of sp³-hybridized carbons (Fsp3) is 0.500. The Labute approximate surface area is 111 Å². The van der Waals surface area contributed by atoms with Crippen LogP contribution in [0.2, 0.25) is 0 Å². The lowest BCUT2D eigenvalue weighted by Gasteiger charge is -2.33. The third kappa shape index (κ3) is 2.20. The smallest absolute Gasteiger partial charge is 0.416 e. The van der Waals surface area contributed by atoms with E-state index in [0.717, 1.165) is 32.0 Å². The van der Waals surface area contributed by atoms with Crippen LogP contribution in [0.25, 0.3) is 0 Å². The second kappa shape index (κ2) is 4.64. The number of amides is 1. The fourth-order valence-corrected chi connectivity index (χ4v) is 2.88. The number of hydrogen-bond acceptors (Lipinski definition) is 4. The van der Waals surface area contributed by atoms with Gasteiger partial charge in [-0.05, 0) is 37.8 Å². The topological polar surface area (TPSA) is 59.5 Å². The van der Waals surface area contributed by atoms with E-state index in [1.165, 1.54) is 0 Å². The number of hydrogen-bond donors (Lipinski definition) is 0. The van der Waals surface area contributed by atoms with Crippen molar-refractivity contribution in [3.05, 3.63) is 24.4 Å². The maximum absolute atomic E-state index is 12.0. The minimum absolute atomic E-state index is 0.119. The zero-order valence-electron chi connectivity index (χ0n) is 10.6. The van der Waals surface area contributed by atoms with Crippen LogP contribution in [0, 0.1) is 5.92 Å². The molecule has 1 amide bonds. The van der Waals surface area contributed by atoms with Crippen LogP contribution in [0.5, 0.6) is 0 Å². The molecule has 2 heterocycles. The van der Waals surface area contributed by atoms with Crippen molar-refractivity contribution < 1.29 is 14.3 Å². The van der Waals surface area contributed by atoms with E-state index in [4.69, 9.17) is 4.74 Å². The molecule has 1 aromatic heterocycles. The summed E-state index contributed by atoms with van der Waals surface area (Å²) in [4.78, 5) is 28.6. The van der Waals surface area contributed by atoms with Crippen LogP contribution in [0.3, 0.4) is 0 Å². The molecule has 5 heteroatoms. The summed E-state index contributed by atoms with van der Waals surface area (Å²) in [7, 11) is 0. The van der Waals surface area contributed by atoms with Gasteiger partial charge < -0.3 is 9.53 Å². The van der Waals surface area contributed by atoms with Crippen molar-refractivity contribution in [1.82, 2.24) is 4.98 Å². The summed E-state index contributed by atoms with van der Waals surface area (Å²) < 4.78 is 5.58. The van der Waals surface area contributed by atoms with Gasteiger partial charge in [0.2, 0.25) is 0 Å². The minimum Gasteiger partial charge on any atom is -0.441 e. The van der Waals surface area contributed by atoms with Crippen molar-refractivity contribution in [3.63, 3.8) is 0 Å². The second-order valence-corrected chi connectivity index (χ2v) is 5.30. The lowest BCUT2D eigenvalue weighted by molar-refractivity contribution is -0.113. The molecule has 1 aromatic rings. The van der Waals surface area contributed by atoms with Crippen LogP contribution in [0.1, 0.15) is 25.7 Å². The average Bonchev–Trinajstić information content (AvgIpc) is 2.77. The van der Waals surface area contributed by atoms with Crippen molar-refractivity contribution in [2.24, 2.45) is 5.92 Å². The molecule has 1 saturated heterocycles. The molecular formula is C14H16N2O3. The molecule has 3 rings (SSSR count). The van der Waals surface area contributed by atoms with E-state index in [1.54, 1.807) is 17.2 Å². The van der Waals surface area contributed by atoms with Gasteiger partial charge in [-0.3, -0.25) is 4.90 Å². The maximum Gasteiger partial charge on any atom is 0.416 e. The van der Waals surface area contributed by atoms with Gasteiger partial charge in [0.05, 0.1) is 6.54 Å². The molecule has 1 aliphatic heterocycles. The van der Waals surface area contributed by atoms with Crippen LogP contribution in [0.4, 0.5) is 10.6 Å². The van der Waals surface area contributed by atoms with Gasteiger partial charge in [0, 0.05) is 12.1 Å². The summed E-state index contributed by atoms with van der Waals surface area (Å²) in [6.07, 6.45) is 5.46. The number of aldehydes is 1. The van der Waals surface area contributed by atoms with Gasteiger partial charge in [-0.2, -0.15) is 0 Å². The molecule has 0 aromatic carbocycles. The lowest BCUT2D eigenvalue weighted by Crippen LogP contribution is -2.39. The van der Waals surface area contributed by atoms with Crippen molar-refractivity contribution in [2.75, 3.05) is 11.4 Å². The standard InChI is InChI=1S/C14H16N2O3/c17-9-11-4-6-14(7-5-11)10-16(13(18)19-14)12-3-1-2-8-15-12/h1-3,8-9,11H,4-7,10H2/t11-,14-. The number of anilines is 1. The fourth-order valence-electron chi connectivity index (χ4n) is 2.88. The Morgan fingerprint density at radius 1 is 1.37 bits per heavy atom. The molecule has 0 radical (unpaired) electrons. The lowest BCUT2D eigenvalue weighted by atomic mass is 9.79. The first kappa shape index (κ1) is 12.1. The molecule has 0 bridgehead atoms. The number of pyridine rings is 1. The summed E-state index contributed by atoms with van der Waals surface area (Å²) in [5.74, 6) is 0.745. The highest BCUT2D eigenvalue weighted by atomic mass is 16.6. The SMILES string of the molecule is O=C[C@H]1CC[C@]2(CC1)CN(c1ccccn1)C(=O)O2. The van der Waals surface area contributed by atoms with Gasteiger partial charge in [0.1, 0.15) is 17.7 Å². The van der Waals surface area contributed by atoms with Gasteiger partial charge in [-0.25, -0.2) is 9.78 Å². The van der Waals surface area contributed by atoms with E-state index >= 15 is 0 Å². The zero-order valence-corrected chi connectivity index (χ0v) is 10.6. The number of aromatic nitrogens is 1. The molecule has 5 nitrogen and oxygen atoms in total. The average molecular weight is 260 g/mol. The van der Waals surface area contributed by atoms with Gasteiger partial charge in [0.25, 0.3) is 0 Å². The Hall–Kier alpha value is -1.91. The van der Waals surface area contributed by atoms with Crippen LogP contribution in [-0.2, 0) is 9.53 Å². The predicted molar refractivity (Wildman–Crippen MR) is 68.8 cm³/mol. The highest BCUT2D eigenvalue weighted by Crippen LogP contribution is 2.39. The van der Waals surface area contributed by atoms with Crippen molar-refractivity contribution in [1.29, 1.82) is 0 Å². The van der Waals surface area contributed by atoms with E-state index in [9.17, 15) is 9.59 Å². The van der Waals surface area contributed by atoms with Crippen LogP contribution in [-0.4, -0.2) is 29.5 Å². The first-order chi connectivity index (χ1) is 9.22. The molecular weight excluding hydrogens is 244 g/mol. The predicted octanol–water partition coefficient (Wildman–Crippen LogP) is 2.17. The van der Waals surface area contributed by atoms with Crippen molar-refractivity contribution in [2.45, 2.75) is 31.3 Å². The molecule has 1 saturated carbocycles. The van der Waals surface area contributed by atoms with Gasteiger partial charge in [-0.1, -0.05) is 6.07 Å². The molecule has 0 N–H and O–H groups in total. The highest BCUT2D eigenvalue weighted by Gasteiger charge is 2.47. The molecule has 2 fully saturated rings. The normalized spacial score (nSPS) is 30.4. The third-order valence-electron chi connectivity index (χ3n) is 4.03. The van der Waals surface area contributed by atoms with E-state index in [1.807, 2.05) is 12.1 Å². The second-order valence-electron chi connectivity index (χ2n) is 5.30. The molecule has 0 atom stereocenters. The minimum atomic E-state index is -0.423. The monoisotopic (exact) mass is 260 g/mol. The highest BCUT2D eigenvalue weighted by molar-refractivity contribution is 5.89. The summed E-state index contributed by atoms with van der Waals surface area (Å²) in [6, 6.07) is 5.47. The van der Waals surface area contributed by atoms with E-state index in [2.05, 4.69) is 4.98 Å². The Balaban J connectivity index is 1.75. The van der Waals surface area contributed by atoms with Gasteiger partial charge >= 0.3 is 6.09 Å². The van der Waals surface area contributed by atoms with E-state index in [0.29, 0.717) is 12.4 Å². The maximum atomic E-state index is 12.0. The molecule has 1 aliphatic carbocycles. The Morgan fingerprint density at radius 3 is 2.79 bits per heavy atom. The Kier molecular flexibility index (Phi) is 2.97. The number of ether oxygens (including phenoxy) is 1. The molecule has 19 heavy (non-hydrogen) atoms. The van der Waals surface area contributed by atoms with Crippen LogP contribution >= 0.6 is 0 Å². The zero-order chi connectivity index (χ0) is 13.3. The molecule has 2 aliphatic rings. The van der Waals surface area contributed by atoms with Crippen molar-refractivity contribution in [3.8, 4) is 0 Å². The number of rotatable bonds is 2.